The Morgan fingerprint density at radius 1 is 0.789 bits per heavy atom. The summed E-state index contributed by atoms with van der Waals surface area (Å²) in [5.41, 5.74) is -0.546. The van der Waals surface area contributed by atoms with Gasteiger partial charge in [-0.1, -0.05) is 6.92 Å². The van der Waals surface area contributed by atoms with Crippen molar-refractivity contribution in [3.8, 4) is 0 Å². The third kappa shape index (κ3) is 12.6. The maximum absolute atomic E-state index is 5.46. The van der Waals surface area contributed by atoms with E-state index in [4.69, 9.17) is 19.6 Å². The molecular weight excluding hydrogens is 244 g/mol. The zero-order chi connectivity index (χ0) is 15.1. The predicted octanol–water partition coefficient (Wildman–Crippen LogP) is 4.43. The lowest BCUT2D eigenvalue weighted by Crippen LogP contribution is -2.26. The summed E-state index contributed by atoms with van der Waals surface area (Å²) in [7, 11) is 0. The van der Waals surface area contributed by atoms with Gasteiger partial charge in [-0.3, -0.25) is 0 Å². The van der Waals surface area contributed by atoms with Gasteiger partial charge in [0.05, 0.1) is 23.4 Å². The molecule has 0 heterocycles. The van der Waals surface area contributed by atoms with Crippen LogP contribution in [-0.2, 0) is 19.6 Å². The minimum atomic E-state index is -0.274. The molecule has 2 unspecified atom stereocenters. The first-order valence-electron chi connectivity index (χ1n) is 7.22. The van der Waals surface area contributed by atoms with Crippen LogP contribution in [0.15, 0.2) is 0 Å². The van der Waals surface area contributed by atoms with Crippen molar-refractivity contribution in [3.05, 3.63) is 0 Å². The van der Waals surface area contributed by atoms with E-state index in [0.29, 0.717) is 0 Å². The second kappa shape index (κ2) is 8.20. The van der Waals surface area contributed by atoms with Gasteiger partial charge >= 0.3 is 0 Å². The monoisotopic (exact) mass is 276 g/mol. The van der Waals surface area contributed by atoms with Gasteiger partial charge in [0.2, 0.25) is 0 Å². The molecule has 0 aromatic rings. The molecule has 0 aromatic heterocycles. The number of rotatable bonds is 8. The topological polar surface area (TPSA) is 36.9 Å². The van der Waals surface area contributed by atoms with Crippen molar-refractivity contribution in [2.45, 2.75) is 98.1 Å². The highest BCUT2D eigenvalue weighted by Gasteiger charge is 2.18. The number of hydrogen-bond acceptors (Lipinski definition) is 4. The molecule has 0 bridgehead atoms. The fourth-order valence-electron chi connectivity index (χ4n) is 1.23. The molecule has 0 aromatic carbocycles. The Morgan fingerprint density at radius 3 is 1.68 bits per heavy atom. The molecule has 0 aliphatic carbocycles. The summed E-state index contributed by atoms with van der Waals surface area (Å²) in [5.74, 6) is 0. The lowest BCUT2D eigenvalue weighted by atomic mass is 10.1. The molecule has 0 saturated heterocycles. The standard InChI is InChI=1S/C15H32O4/c1-9-13(17-19-15(6,7)8)11-10-12(2)16-18-14(3,4)5/h12-13H,9-11H2,1-8H3. The summed E-state index contributed by atoms with van der Waals surface area (Å²) in [6, 6.07) is 0. The highest BCUT2D eigenvalue weighted by molar-refractivity contribution is 4.60. The first-order valence-corrected chi connectivity index (χ1v) is 7.22. The Labute approximate surface area is 118 Å². The van der Waals surface area contributed by atoms with Gasteiger partial charge in [-0.2, -0.15) is 0 Å². The average Bonchev–Trinajstić information content (AvgIpc) is 2.24. The summed E-state index contributed by atoms with van der Waals surface area (Å²) < 4.78 is 0. The molecule has 0 aliphatic rings. The quantitative estimate of drug-likeness (QED) is 0.485. The van der Waals surface area contributed by atoms with Crippen LogP contribution < -0.4 is 0 Å². The van der Waals surface area contributed by atoms with Gasteiger partial charge in [0.25, 0.3) is 0 Å². The minimum Gasteiger partial charge on any atom is -0.233 e. The van der Waals surface area contributed by atoms with Crippen molar-refractivity contribution in [3.63, 3.8) is 0 Å². The molecule has 0 rings (SSSR count). The van der Waals surface area contributed by atoms with Crippen LogP contribution in [-0.4, -0.2) is 23.4 Å². The molecule has 2 atom stereocenters. The van der Waals surface area contributed by atoms with Crippen molar-refractivity contribution in [1.82, 2.24) is 0 Å². The van der Waals surface area contributed by atoms with E-state index in [1.54, 1.807) is 0 Å². The molecule has 19 heavy (non-hydrogen) atoms. The first kappa shape index (κ1) is 18.8. The average molecular weight is 276 g/mol. The van der Waals surface area contributed by atoms with Crippen LogP contribution in [0.3, 0.4) is 0 Å². The second-order valence-electron chi connectivity index (χ2n) is 7.00. The zero-order valence-electron chi connectivity index (χ0n) is 13.9. The lowest BCUT2D eigenvalue weighted by molar-refractivity contribution is -0.382. The Morgan fingerprint density at radius 2 is 1.26 bits per heavy atom. The Kier molecular flexibility index (Phi) is 8.13. The Bertz CT molecular complexity index is 227. The van der Waals surface area contributed by atoms with E-state index in [1.807, 2.05) is 48.5 Å². The van der Waals surface area contributed by atoms with E-state index < -0.39 is 0 Å². The van der Waals surface area contributed by atoms with Crippen LogP contribution in [0.25, 0.3) is 0 Å². The van der Waals surface area contributed by atoms with E-state index in [0.717, 1.165) is 19.3 Å². The molecule has 0 fully saturated rings. The van der Waals surface area contributed by atoms with Gasteiger partial charge in [0.1, 0.15) is 0 Å². The number of hydrogen-bond donors (Lipinski definition) is 0. The maximum Gasteiger partial charge on any atom is 0.0952 e. The van der Waals surface area contributed by atoms with Gasteiger partial charge in [-0.15, -0.1) is 0 Å². The Hall–Kier alpha value is -0.160. The van der Waals surface area contributed by atoms with E-state index in [2.05, 4.69) is 6.92 Å². The molecule has 0 saturated carbocycles. The van der Waals surface area contributed by atoms with Crippen molar-refractivity contribution in [2.75, 3.05) is 0 Å². The summed E-state index contributed by atoms with van der Waals surface area (Å²) in [4.78, 5) is 21.5. The van der Waals surface area contributed by atoms with Crippen molar-refractivity contribution >= 4 is 0 Å². The molecule has 4 heteroatoms. The van der Waals surface area contributed by atoms with Crippen LogP contribution in [0.1, 0.15) is 74.7 Å². The van der Waals surface area contributed by atoms with Gasteiger partial charge < -0.3 is 0 Å². The summed E-state index contributed by atoms with van der Waals surface area (Å²) in [5, 5.41) is 0. The van der Waals surface area contributed by atoms with E-state index in [1.165, 1.54) is 0 Å². The van der Waals surface area contributed by atoms with Gasteiger partial charge in [0.15, 0.2) is 0 Å². The normalized spacial score (nSPS) is 16.4. The molecule has 116 valence electrons. The second-order valence-corrected chi connectivity index (χ2v) is 7.00. The third-order valence-corrected chi connectivity index (χ3v) is 2.25. The van der Waals surface area contributed by atoms with E-state index in [9.17, 15) is 0 Å². The minimum absolute atomic E-state index is 0.0477. The highest BCUT2D eigenvalue weighted by atomic mass is 17.2. The molecule has 0 spiro atoms. The molecule has 0 aliphatic heterocycles. The molecule has 0 amide bonds. The van der Waals surface area contributed by atoms with E-state index in [-0.39, 0.29) is 23.4 Å². The van der Waals surface area contributed by atoms with Crippen molar-refractivity contribution < 1.29 is 19.6 Å². The van der Waals surface area contributed by atoms with Crippen LogP contribution in [0, 0.1) is 0 Å². The first-order chi connectivity index (χ1) is 8.53. The summed E-state index contributed by atoms with van der Waals surface area (Å²) in [6.07, 6.45) is 2.83. The molecule has 0 N–H and O–H groups in total. The van der Waals surface area contributed by atoms with Crippen LogP contribution in [0.5, 0.6) is 0 Å². The van der Waals surface area contributed by atoms with Crippen LogP contribution in [0.4, 0.5) is 0 Å². The van der Waals surface area contributed by atoms with Crippen LogP contribution in [0.2, 0.25) is 0 Å². The smallest absolute Gasteiger partial charge is 0.0952 e. The summed E-state index contributed by atoms with van der Waals surface area (Å²) >= 11 is 0. The van der Waals surface area contributed by atoms with Crippen molar-refractivity contribution in [2.24, 2.45) is 0 Å². The molecular formula is C15H32O4. The molecule has 4 nitrogen and oxygen atoms in total. The van der Waals surface area contributed by atoms with Gasteiger partial charge in [-0.25, -0.2) is 19.6 Å². The Balaban J connectivity index is 3.87. The third-order valence-electron chi connectivity index (χ3n) is 2.25. The SMILES string of the molecule is CCC(CCC(C)OOC(C)(C)C)OOC(C)(C)C. The maximum atomic E-state index is 5.46. The van der Waals surface area contributed by atoms with E-state index >= 15 is 0 Å². The highest BCUT2D eigenvalue weighted by Crippen LogP contribution is 2.17. The zero-order valence-corrected chi connectivity index (χ0v) is 13.9. The molecule has 0 radical (unpaired) electrons. The summed E-state index contributed by atoms with van der Waals surface area (Å²) in [6.45, 7) is 15.9. The largest absolute Gasteiger partial charge is 0.233 e. The van der Waals surface area contributed by atoms with Crippen LogP contribution >= 0.6 is 0 Å². The van der Waals surface area contributed by atoms with Crippen molar-refractivity contribution in [1.29, 1.82) is 0 Å². The van der Waals surface area contributed by atoms with Gasteiger partial charge in [0, 0.05) is 0 Å². The fourth-order valence-corrected chi connectivity index (χ4v) is 1.23. The van der Waals surface area contributed by atoms with Gasteiger partial charge in [-0.05, 0) is 67.7 Å². The predicted molar refractivity (Wildman–Crippen MR) is 76.6 cm³/mol. The lowest BCUT2D eigenvalue weighted by Gasteiger charge is -2.24. The fraction of sp³-hybridized carbons (Fsp3) is 1.00.